The lowest BCUT2D eigenvalue weighted by atomic mass is 9.98. The highest BCUT2D eigenvalue weighted by Crippen LogP contribution is 2.18. The van der Waals surface area contributed by atoms with E-state index in [1.165, 1.54) is 6.20 Å². The van der Waals surface area contributed by atoms with Gasteiger partial charge < -0.3 is 5.32 Å². The van der Waals surface area contributed by atoms with Crippen molar-refractivity contribution >= 4 is 10.0 Å². The van der Waals surface area contributed by atoms with Gasteiger partial charge in [-0.3, -0.25) is 4.68 Å². The van der Waals surface area contributed by atoms with E-state index in [4.69, 9.17) is 0 Å². The van der Waals surface area contributed by atoms with Crippen LogP contribution >= 0.6 is 0 Å². The fourth-order valence-corrected chi connectivity index (χ4v) is 3.30. The van der Waals surface area contributed by atoms with Gasteiger partial charge in [0.2, 0.25) is 10.0 Å². The number of sulfonamides is 1. The van der Waals surface area contributed by atoms with Gasteiger partial charge in [0.25, 0.3) is 0 Å². The third-order valence-corrected chi connectivity index (χ3v) is 5.27. The number of aromatic nitrogens is 2. The first-order valence-corrected chi connectivity index (χ1v) is 8.56. The van der Waals surface area contributed by atoms with Crippen LogP contribution in [-0.2, 0) is 16.6 Å². The molecule has 0 aromatic carbocycles. The Morgan fingerprint density at radius 1 is 1.35 bits per heavy atom. The van der Waals surface area contributed by atoms with Crippen LogP contribution in [0, 0.1) is 0 Å². The van der Waals surface area contributed by atoms with Crippen molar-refractivity contribution in [2.45, 2.75) is 57.0 Å². The van der Waals surface area contributed by atoms with E-state index < -0.39 is 15.6 Å². The first-order valence-electron chi connectivity index (χ1n) is 7.08. The average molecular weight is 302 g/mol. The summed E-state index contributed by atoms with van der Waals surface area (Å²) in [4.78, 5) is 0.232. The zero-order chi connectivity index (χ0) is 15.2. The van der Waals surface area contributed by atoms with Crippen LogP contribution in [0.25, 0.3) is 0 Å². The minimum atomic E-state index is -3.50. The summed E-state index contributed by atoms with van der Waals surface area (Å²) in [5, 5.41) is 7.16. The van der Waals surface area contributed by atoms with Gasteiger partial charge in [0.15, 0.2) is 0 Å². The minimum Gasteiger partial charge on any atom is -0.320 e. The van der Waals surface area contributed by atoms with Crippen molar-refractivity contribution in [3.05, 3.63) is 12.4 Å². The highest BCUT2D eigenvalue weighted by Gasteiger charge is 2.28. The lowest BCUT2D eigenvalue weighted by molar-refractivity contribution is 0.388. The molecule has 116 valence electrons. The number of hydrogen-bond donors (Lipinski definition) is 2. The van der Waals surface area contributed by atoms with Crippen LogP contribution in [0.2, 0.25) is 0 Å². The monoisotopic (exact) mass is 302 g/mol. The molecule has 0 saturated carbocycles. The van der Waals surface area contributed by atoms with Gasteiger partial charge in [-0.15, -0.1) is 0 Å². The number of hydrogen-bond acceptors (Lipinski definition) is 4. The van der Waals surface area contributed by atoms with Crippen LogP contribution in [-0.4, -0.2) is 37.3 Å². The summed E-state index contributed by atoms with van der Waals surface area (Å²) in [5.41, 5.74) is -0.410. The second kappa shape index (κ2) is 7.19. The summed E-state index contributed by atoms with van der Waals surface area (Å²) in [5.74, 6) is 0. The summed E-state index contributed by atoms with van der Waals surface area (Å²) >= 11 is 0. The van der Waals surface area contributed by atoms with Crippen LogP contribution in [0.15, 0.2) is 17.3 Å². The molecule has 7 heteroatoms. The van der Waals surface area contributed by atoms with Crippen molar-refractivity contribution in [1.29, 1.82) is 0 Å². The lowest BCUT2D eigenvalue weighted by Gasteiger charge is -2.27. The molecule has 0 radical (unpaired) electrons. The third kappa shape index (κ3) is 4.57. The van der Waals surface area contributed by atoms with E-state index in [1.807, 2.05) is 27.8 Å². The van der Waals surface area contributed by atoms with Gasteiger partial charge in [-0.1, -0.05) is 13.8 Å². The number of aryl methyl sites for hydroxylation is 1. The summed E-state index contributed by atoms with van der Waals surface area (Å²) in [6, 6.07) is 0. The van der Waals surface area contributed by atoms with Crippen LogP contribution in [0.5, 0.6) is 0 Å². The number of rotatable bonds is 9. The van der Waals surface area contributed by atoms with Crippen LogP contribution in [0.4, 0.5) is 0 Å². The molecule has 0 saturated heterocycles. The predicted molar refractivity (Wildman–Crippen MR) is 80.1 cm³/mol. The Labute approximate surface area is 122 Å². The van der Waals surface area contributed by atoms with Gasteiger partial charge >= 0.3 is 0 Å². The highest BCUT2D eigenvalue weighted by molar-refractivity contribution is 7.89. The molecule has 1 heterocycles. The molecule has 1 aromatic rings. The van der Waals surface area contributed by atoms with Crippen LogP contribution in [0.3, 0.4) is 0 Å². The zero-order valence-corrected chi connectivity index (χ0v) is 13.6. The van der Waals surface area contributed by atoms with Crippen molar-refractivity contribution in [2.24, 2.45) is 0 Å². The molecular weight excluding hydrogens is 276 g/mol. The summed E-state index contributed by atoms with van der Waals surface area (Å²) in [6.45, 7) is 7.46. The van der Waals surface area contributed by atoms with Crippen molar-refractivity contribution in [1.82, 2.24) is 19.8 Å². The molecule has 2 N–H and O–H groups in total. The molecule has 0 aliphatic carbocycles. The molecule has 6 nitrogen and oxygen atoms in total. The molecule has 0 aliphatic rings. The van der Waals surface area contributed by atoms with Gasteiger partial charge in [-0.25, -0.2) is 13.1 Å². The predicted octanol–water partition coefficient (Wildman–Crippen LogP) is 1.35. The van der Waals surface area contributed by atoms with Gasteiger partial charge in [-0.05, 0) is 39.8 Å². The molecule has 0 unspecified atom stereocenters. The highest BCUT2D eigenvalue weighted by atomic mass is 32.2. The zero-order valence-electron chi connectivity index (χ0n) is 12.8. The molecule has 20 heavy (non-hydrogen) atoms. The van der Waals surface area contributed by atoms with Gasteiger partial charge in [0.05, 0.1) is 6.20 Å². The van der Waals surface area contributed by atoms with Crippen molar-refractivity contribution in [2.75, 3.05) is 13.6 Å². The Balaban J connectivity index is 2.78. The van der Waals surface area contributed by atoms with Crippen molar-refractivity contribution < 1.29 is 8.42 Å². The van der Waals surface area contributed by atoms with E-state index in [1.54, 1.807) is 10.9 Å². The largest absolute Gasteiger partial charge is 0.320 e. The Bertz CT molecular complexity index is 506. The molecule has 1 rings (SSSR count). The van der Waals surface area contributed by atoms with Crippen molar-refractivity contribution in [3.63, 3.8) is 0 Å². The van der Waals surface area contributed by atoms with E-state index >= 15 is 0 Å². The second-order valence-electron chi connectivity index (χ2n) is 5.27. The molecule has 0 bridgehead atoms. The molecule has 0 spiro atoms. The minimum absolute atomic E-state index is 0.232. The van der Waals surface area contributed by atoms with Gasteiger partial charge in [-0.2, -0.15) is 5.10 Å². The molecule has 0 aliphatic heterocycles. The van der Waals surface area contributed by atoms with E-state index in [-0.39, 0.29) is 4.90 Å². The smallest absolute Gasteiger partial charge is 0.244 e. The Morgan fingerprint density at radius 3 is 2.55 bits per heavy atom. The fraction of sp³-hybridized carbons (Fsp3) is 0.769. The molecule has 0 atom stereocenters. The first kappa shape index (κ1) is 17.1. The van der Waals surface area contributed by atoms with Gasteiger partial charge in [0.1, 0.15) is 4.90 Å². The van der Waals surface area contributed by atoms with E-state index in [9.17, 15) is 8.42 Å². The summed E-state index contributed by atoms with van der Waals surface area (Å²) in [7, 11) is -1.61. The van der Waals surface area contributed by atoms with E-state index in [0.29, 0.717) is 6.54 Å². The third-order valence-electron chi connectivity index (χ3n) is 3.68. The normalized spacial score (nSPS) is 12.8. The van der Waals surface area contributed by atoms with Crippen LogP contribution in [0.1, 0.15) is 40.0 Å². The molecule has 1 aromatic heterocycles. The van der Waals surface area contributed by atoms with Gasteiger partial charge in [0, 0.05) is 18.3 Å². The Hall–Kier alpha value is -0.920. The number of nitrogens with zero attached hydrogens (tertiary/aromatic N) is 2. The van der Waals surface area contributed by atoms with E-state index in [2.05, 4.69) is 15.1 Å². The standard InChI is InChI=1S/C13H26N4O2S/c1-5-13(3,6-2)16-20(18,19)12-10-15-17(11-12)9-7-8-14-4/h10-11,14,16H,5-9H2,1-4H3. The Kier molecular flexibility index (Phi) is 6.16. The summed E-state index contributed by atoms with van der Waals surface area (Å²) < 4.78 is 29.1. The molecular formula is C13H26N4O2S. The summed E-state index contributed by atoms with van der Waals surface area (Å²) in [6.07, 6.45) is 5.40. The lowest BCUT2D eigenvalue weighted by Crippen LogP contribution is -2.44. The van der Waals surface area contributed by atoms with Crippen molar-refractivity contribution in [3.8, 4) is 0 Å². The second-order valence-corrected chi connectivity index (χ2v) is 6.95. The average Bonchev–Trinajstić information content (AvgIpc) is 2.88. The molecule has 0 amide bonds. The maximum Gasteiger partial charge on any atom is 0.244 e. The van der Waals surface area contributed by atoms with E-state index in [0.717, 1.165) is 25.8 Å². The van der Waals surface area contributed by atoms with Crippen LogP contribution < -0.4 is 10.0 Å². The first-order chi connectivity index (χ1) is 9.37. The SMILES string of the molecule is CCC(C)(CC)NS(=O)(=O)c1cnn(CCCNC)c1. The topological polar surface area (TPSA) is 76.0 Å². The Morgan fingerprint density at radius 2 is 2.00 bits per heavy atom. The number of nitrogens with one attached hydrogen (secondary N) is 2. The quantitative estimate of drug-likeness (QED) is 0.675. The fourth-order valence-electron chi connectivity index (χ4n) is 1.80. The maximum atomic E-state index is 12.3. The maximum absolute atomic E-state index is 12.3. The molecule has 0 fully saturated rings.